The van der Waals surface area contributed by atoms with E-state index in [1.165, 1.54) is 36.6 Å². The lowest BCUT2D eigenvalue weighted by Crippen LogP contribution is -2.15. The minimum absolute atomic E-state index is 0.0820. The molecule has 0 amide bonds. The van der Waals surface area contributed by atoms with E-state index in [9.17, 15) is 8.42 Å². The van der Waals surface area contributed by atoms with Gasteiger partial charge >= 0.3 is 0 Å². The van der Waals surface area contributed by atoms with Crippen LogP contribution in [0.15, 0.2) is 34.1 Å². The van der Waals surface area contributed by atoms with Crippen molar-refractivity contribution in [2.24, 2.45) is 0 Å². The van der Waals surface area contributed by atoms with Crippen molar-refractivity contribution in [1.29, 1.82) is 0 Å². The molecule has 2 N–H and O–H groups in total. The minimum Gasteiger partial charge on any atom is -0.310 e. The van der Waals surface area contributed by atoms with E-state index in [0.717, 1.165) is 5.56 Å². The number of sulfonamides is 1. The molecule has 106 valence electrons. The smallest absolute Gasteiger partial charge is 0.273 e. The Morgan fingerprint density at radius 2 is 2.05 bits per heavy atom. The molecule has 2 aromatic rings. The highest BCUT2D eigenvalue weighted by Crippen LogP contribution is 2.24. The van der Waals surface area contributed by atoms with Crippen LogP contribution in [0.5, 0.6) is 0 Å². The SMILES string of the molecule is O=S(=O)(Nc1ncccn1)c1cc(CNC2CC2)cs1. The van der Waals surface area contributed by atoms with Crippen molar-refractivity contribution in [2.75, 3.05) is 4.72 Å². The molecule has 1 saturated carbocycles. The van der Waals surface area contributed by atoms with E-state index in [1.807, 2.05) is 5.38 Å². The molecule has 0 aromatic carbocycles. The molecular formula is C12H14N4O2S2. The molecule has 0 radical (unpaired) electrons. The number of thiophene rings is 1. The van der Waals surface area contributed by atoms with Crippen LogP contribution in [0.3, 0.4) is 0 Å². The molecule has 6 nitrogen and oxygen atoms in total. The highest BCUT2D eigenvalue weighted by molar-refractivity contribution is 7.94. The first-order valence-corrected chi connectivity index (χ1v) is 8.60. The predicted molar refractivity (Wildman–Crippen MR) is 77.0 cm³/mol. The van der Waals surface area contributed by atoms with Gasteiger partial charge < -0.3 is 5.32 Å². The minimum atomic E-state index is -3.60. The molecule has 0 unspecified atom stereocenters. The van der Waals surface area contributed by atoms with Gasteiger partial charge in [0.1, 0.15) is 4.21 Å². The maximum absolute atomic E-state index is 12.2. The first-order chi connectivity index (χ1) is 9.63. The number of aromatic nitrogens is 2. The third kappa shape index (κ3) is 3.33. The molecule has 0 bridgehead atoms. The van der Waals surface area contributed by atoms with Crippen LogP contribution in [-0.4, -0.2) is 24.4 Å². The molecule has 0 atom stereocenters. The van der Waals surface area contributed by atoms with Gasteiger partial charge in [-0.3, -0.25) is 0 Å². The molecule has 0 spiro atoms. The van der Waals surface area contributed by atoms with Crippen molar-refractivity contribution in [3.8, 4) is 0 Å². The van der Waals surface area contributed by atoms with E-state index in [4.69, 9.17) is 0 Å². The number of nitrogens with one attached hydrogen (secondary N) is 2. The summed E-state index contributed by atoms with van der Waals surface area (Å²) in [5.74, 6) is 0.0820. The van der Waals surface area contributed by atoms with Crippen LogP contribution in [0.4, 0.5) is 5.95 Å². The van der Waals surface area contributed by atoms with Crippen molar-refractivity contribution < 1.29 is 8.42 Å². The van der Waals surface area contributed by atoms with Crippen molar-refractivity contribution in [2.45, 2.75) is 29.6 Å². The molecule has 1 aliphatic rings. The van der Waals surface area contributed by atoms with E-state index in [2.05, 4.69) is 20.0 Å². The summed E-state index contributed by atoms with van der Waals surface area (Å²) < 4.78 is 27.0. The number of hydrogen-bond donors (Lipinski definition) is 2. The second-order valence-corrected chi connectivity index (χ2v) is 7.43. The van der Waals surface area contributed by atoms with Crippen LogP contribution < -0.4 is 10.0 Å². The van der Waals surface area contributed by atoms with Gasteiger partial charge in [-0.2, -0.15) is 0 Å². The first kappa shape index (κ1) is 13.5. The summed E-state index contributed by atoms with van der Waals surface area (Å²) in [7, 11) is -3.60. The van der Waals surface area contributed by atoms with E-state index in [1.54, 1.807) is 12.1 Å². The quantitative estimate of drug-likeness (QED) is 0.846. The lowest BCUT2D eigenvalue weighted by Gasteiger charge is -2.03. The van der Waals surface area contributed by atoms with Gasteiger partial charge in [-0.25, -0.2) is 23.1 Å². The predicted octanol–water partition coefficient (Wildman–Crippen LogP) is 1.59. The number of anilines is 1. The summed E-state index contributed by atoms with van der Waals surface area (Å²) in [6.45, 7) is 0.707. The van der Waals surface area contributed by atoms with E-state index < -0.39 is 10.0 Å². The Kier molecular flexibility index (Phi) is 3.68. The molecule has 1 aliphatic carbocycles. The van der Waals surface area contributed by atoms with Crippen molar-refractivity contribution >= 4 is 27.3 Å². The summed E-state index contributed by atoms with van der Waals surface area (Å²) in [6, 6.07) is 3.92. The van der Waals surface area contributed by atoms with E-state index in [-0.39, 0.29) is 10.2 Å². The lowest BCUT2D eigenvalue weighted by atomic mass is 10.3. The highest BCUT2D eigenvalue weighted by atomic mass is 32.2. The monoisotopic (exact) mass is 310 g/mol. The molecular weight excluding hydrogens is 296 g/mol. The fourth-order valence-corrected chi connectivity index (χ4v) is 3.83. The van der Waals surface area contributed by atoms with Gasteiger partial charge in [-0.1, -0.05) is 0 Å². The van der Waals surface area contributed by atoms with Crippen LogP contribution in [0.2, 0.25) is 0 Å². The summed E-state index contributed by atoms with van der Waals surface area (Å²) >= 11 is 1.20. The maximum atomic E-state index is 12.2. The zero-order valence-electron chi connectivity index (χ0n) is 10.6. The van der Waals surface area contributed by atoms with Gasteiger partial charge in [0.15, 0.2) is 0 Å². The Morgan fingerprint density at radius 1 is 1.30 bits per heavy atom. The maximum Gasteiger partial charge on any atom is 0.273 e. The summed E-state index contributed by atoms with van der Waals surface area (Å²) in [5.41, 5.74) is 0.983. The first-order valence-electron chi connectivity index (χ1n) is 6.24. The van der Waals surface area contributed by atoms with Crippen molar-refractivity contribution in [3.05, 3.63) is 35.5 Å². The number of hydrogen-bond acceptors (Lipinski definition) is 6. The summed E-state index contributed by atoms with van der Waals surface area (Å²) in [6.07, 6.45) is 5.40. The standard InChI is InChI=1S/C12H14N4O2S2/c17-20(18,16-12-13-4-1-5-14-12)11-6-9(8-19-11)7-15-10-2-3-10/h1,4-6,8,10,15H,2-3,7H2,(H,13,14,16). The Hall–Kier alpha value is -1.51. The second-order valence-electron chi connectivity index (χ2n) is 4.61. The zero-order chi connectivity index (χ0) is 14.0. The van der Waals surface area contributed by atoms with Crippen molar-refractivity contribution in [1.82, 2.24) is 15.3 Å². The fourth-order valence-electron chi connectivity index (χ4n) is 1.66. The zero-order valence-corrected chi connectivity index (χ0v) is 12.2. The highest BCUT2D eigenvalue weighted by Gasteiger charge is 2.21. The largest absolute Gasteiger partial charge is 0.310 e. The molecule has 2 aromatic heterocycles. The summed E-state index contributed by atoms with van der Waals surface area (Å²) in [5, 5.41) is 5.21. The van der Waals surface area contributed by atoms with Crippen LogP contribution in [-0.2, 0) is 16.6 Å². The molecule has 3 rings (SSSR count). The van der Waals surface area contributed by atoms with Gasteiger partial charge in [0.05, 0.1) is 0 Å². The van der Waals surface area contributed by atoms with Gasteiger partial charge in [0, 0.05) is 25.0 Å². The molecule has 0 aliphatic heterocycles. The molecule has 2 heterocycles. The normalized spacial score (nSPS) is 15.2. The third-order valence-electron chi connectivity index (χ3n) is 2.86. The average molecular weight is 310 g/mol. The third-order valence-corrected chi connectivity index (χ3v) is 5.67. The average Bonchev–Trinajstić information content (AvgIpc) is 3.13. The molecule has 8 heteroatoms. The Balaban J connectivity index is 1.70. The van der Waals surface area contributed by atoms with Gasteiger partial charge in [-0.15, -0.1) is 11.3 Å². The van der Waals surface area contributed by atoms with Crippen LogP contribution >= 0.6 is 11.3 Å². The molecule has 0 saturated heterocycles. The van der Waals surface area contributed by atoms with Gasteiger partial charge in [0.2, 0.25) is 5.95 Å². The Labute approximate surface area is 121 Å². The molecule has 20 heavy (non-hydrogen) atoms. The van der Waals surface area contributed by atoms with Crippen LogP contribution in [0.25, 0.3) is 0 Å². The van der Waals surface area contributed by atoms with E-state index in [0.29, 0.717) is 12.6 Å². The number of rotatable bonds is 6. The second kappa shape index (κ2) is 5.47. The van der Waals surface area contributed by atoms with Crippen molar-refractivity contribution in [3.63, 3.8) is 0 Å². The Morgan fingerprint density at radius 3 is 2.75 bits per heavy atom. The lowest BCUT2D eigenvalue weighted by molar-refractivity contribution is 0.602. The van der Waals surface area contributed by atoms with Crippen LogP contribution in [0.1, 0.15) is 18.4 Å². The van der Waals surface area contributed by atoms with Gasteiger partial charge in [0.25, 0.3) is 10.0 Å². The summed E-state index contributed by atoms with van der Waals surface area (Å²) in [4.78, 5) is 7.71. The van der Waals surface area contributed by atoms with Gasteiger partial charge in [-0.05, 0) is 35.9 Å². The molecule has 1 fully saturated rings. The van der Waals surface area contributed by atoms with E-state index >= 15 is 0 Å². The number of nitrogens with zero attached hydrogens (tertiary/aromatic N) is 2. The van der Waals surface area contributed by atoms with Crippen LogP contribution in [0, 0.1) is 0 Å². The fraction of sp³-hybridized carbons (Fsp3) is 0.333. The Bertz CT molecular complexity index is 680. The topological polar surface area (TPSA) is 84.0 Å².